The van der Waals surface area contributed by atoms with Crippen LogP contribution in [0.25, 0.3) is 10.9 Å². The molecule has 0 bridgehead atoms. The molecule has 0 radical (unpaired) electrons. The summed E-state index contributed by atoms with van der Waals surface area (Å²) in [7, 11) is 0. The lowest BCUT2D eigenvalue weighted by Crippen LogP contribution is -2.24. The average Bonchev–Trinajstić information content (AvgIpc) is 2.55. The van der Waals surface area contributed by atoms with Gasteiger partial charge in [-0.3, -0.25) is 0 Å². The molecule has 118 valence electrons. The Morgan fingerprint density at radius 3 is 2.91 bits per heavy atom. The van der Waals surface area contributed by atoms with Crippen LogP contribution in [0.3, 0.4) is 0 Å². The average molecular weight is 304 g/mol. The highest BCUT2D eigenvalue weighted by molar-refractivity contribution is 5.80. The van der Waals surface area contributed by atoms with Crippen molar-refractivity contribution in [2.45, 2.75) is 25.4 Å². The number of hydrogen-bond acceptors (Lipinski definition) is 4. The maximum Gasteiger partial charge on any atom is 0.126 e. The number of ether oxygens (including phenoxy) is 2. The van der Waals surface area contributed by atoms with E-state index in [4.69, 9.17) is 9.47 Å². The van der Waals surface area contributed by atoms with Gasteiger partial charge in [-0.15, -0.1) is 0 Å². The standard InChI is InChI=1S/C17H21FN2O2/c18-14-4-2-13-3-5-17(20-16(13)12-14)19-8-1-9-22-15-6-10-21-11-7-15/h2-5,12,15H,1,6-11H2,(H,19,20). The van der Waals surface area contributed by atoms with Gasteiger partial charge in [0.1, 0.15) is 11.6 Å². The van der Waals surface area contributed by atoms with E-state index >= 15 is 0 Å². The molecular formula is C17H21FN2O2. The van der Waals surface area contributed by atoms with Crippen molar-refractivity contribution in [1.82, 2.24) is 4.98 Å². The van der Waals surface area contributed by atoms with Crippen LogP contribution in [0.5, 0.6) is 0 Å². The van der Waals surface area contributed by atoms with Crippen LogP contribution < -0.4 is 5.32 Å². The summed E-state index contributed by atoms with van der Waals surface area (Å²) in [5, 5.41) is 4.20. The summed E-state index contributed by atoms with van der Waals surface area (Å²) >= 11 is 0. The number of halogens is 1. The largest absolute Gasteiger partial charge is 0.381 e. The van der Waals surface area contributed by atoms with E-state index in [2.05, 4.69) is 10.3 Å². The van der Waals surface area contributed by atoms with Crippen LogP contribution in [0.1, 0.15) is 19.3 Å². The predicted molar refractivity (Wildman–Crippen MR) is 84.6 cm³/mol. The molecule has 5 heteroatoms. The van der Waals surface area contributed by atoms with E-state index in [0.717, 1.165) is 56.8 Å². The lowest BCUT2D eigenvalue weighted by atomic mass is 10.1. The molecule has 1 aliphatic rings. The number of rotatable bonds is 6. The third kappa shape index (κ3) is 4.15. The molecule has 1 aromatic carbocycles. The van der Waals surface area contributed by atoms with E-state index in [-0.39, 0.29) is 5.82 Å². The Labute approximate surface area is 129 Å². The van der Waals surface area contributed by atoms with Crippen molar-refractivity contribution >= 4 is 16.7 Å². The van der Waals surface area contributed by atoms with Gasteiger partial charge in [-0.2, -0.15) is 0 Å². The van der Waals surface area contributed by atoms with Crippen LogP contribution in [0.4, 0.5) is 10.2 Å². The summed E-state index contributed by atoms with van der Waals surface area (Å²) in [6.07, 6.45) is 3.24. The zero-order chi connectivity index (χ0) is 15.2. The van der Waals surface area contributed by atoms with Crippen LogP contribution in [-0.4, -0.2) is 37.5 Å². The van der Waals surface area contributed by atoms with Gasteiger partial charge in [0.2, 0.25) is 0 Å². The third-order valence-electron chi connectivity index (χ3n) is 3.80. The number of fused-ring (bicyclic) bond motifs is 1. The van der Waals surface area contributed by atoms with Gasteiger partial charge in [-0.05, 0) is 43.5 Å². The minimum Gasteiger partial charge on any atom is -0.381 e. The topological polar surface area (TPSA) is 43.4 Å². The Morgan fingerprint density at radius 2 is 2.05 bits per heavy atom. The van der Waals surface area contributed by atoms with Gasteiger partial charge in [0.25, 0.3) is 0 Å². The third-order valence-corrected chi connectivity index (χ3v) is 3.80. The fourth-order valence-corrected chi connectivity index (χ4v) is 2.57. The molecular weight excluding hydrogens is 283 g/mol. The number of aromatic nitrogens is 1. The van der Waals surface area contributed by atoms with Crippen molar-refractivity contribution in [3.05, 3.63) is 36.1 Å². The minimum atomic E-state index is -0.262. The molecule has 2 heterocycles. The number of benzene rings is 1. The molecule has 2 aromatic rings. The van der Waals surface area contributed by atoms with Crippen molar-refractivity contribution in [3.8, 4) is 0 Å². The smallest absolute Gasteiger partial charge is 0.126 e. The number of nitrogens with zero attached hydrogens (tertiary/aromatic N) is 1. The van der Waals surface area contributed by atoms with Gasteiger partial charge in [0.05, 0.1) is 11.6 Å². The van der Waals surface area contributed by atoms with E-state index in [1.807, 2.05) is 12.1 Å². The van der Waals surface area contributed by atoms with Crippen LogP contribution in [0.15, 0.2) is 30.3 Å². The Kier molecular flexibility index (Phi) is 5.19. The molecule has 22 heavy (non-hydrogen) atoms. The van der Waals surface area contributed by atoms with Crippen LogP contribution in [-0.2, 0) is 9.47 Å². The van der Waals surface area contributed by atoms with Gasteiger partial charge < -0.3 is 14.8 Å². The van der Waals surface area contributed by atoms with Crippen molar-refractivity contribution in [3.63, 3.8) is 0 Å². The monoisotopic (exact) mass is 304 g/mol. The first kappa shape index (κ1) is 15.2. The quantitative estimate of drug-likeness (QED) is 0.831. The molecule has 1 aromatic heterocycles. The number of nitrogens with one attached hydrogen (secondary N) is 1. The minimum absolute atomic E-state index is 0.262. The van der Waals surface area contributed by atoms with E-state index < -0.39 is 0 Å². The summed E-state index contributed by atoms with van der Waals surface area (Å²) in [4.78, 5) is 4.42. The highest BCUT2D eigenvalue weighted by Crippen LogP contribution is 2.16. The maximum atomic E-state index is 13.2. The Morgan fingerprint density at radius 1 is 1.23 bits per heavy atom. The zero-order valence-electron chi connectivity index (χ0n) is 12.6. The molecule has 0 amide bonds. The Balaban J connectivity index is 1.43. The highest BCUT2D eigenvalue weighted by atomic mass is 19.1. The molecule has 0 saturated carbocycles. The summed E-state index contributed by atoms with van der Waals surface area (Å²) in [5.41, 5.74) is 0.670. The molecule has 1 N–H and O–H groups in total. The molecule has 1 saturated heterocycles. The molecule has 0 atom stereocenters. The first-order valence-electron chi connectivity index (χ1n) is 7.81. The lowest BCUT2D eigenvalue weighted by Gasteiger charge is -2.22. The molecule has 4 nitrogen and oxygen atoms in total. The van der Waals surface area contributed by atoms with Gasteiger partial charge in [-0.1, -0.05) is 0 Å². The van der Waals surface area contributed by atoms with E-state index in [9.17, 15) is 4.39 Å². The van der Waals surface area contributed by atoms with Crippen LogP contribution in [0, 0.1) is 5.82 Å². The maximum absolute atomic E-state index is 13.2. The zero-order valence-corrected chi connectivity index (χ0v) is 12.6. The molecule has 3 rings (SSSR count). The normalized spacial score (nSPS) is 16.0. The van der Waals surface area contributed by atoms with Gasteiger partial charge >= 0.3 is 0 Å². The molecule has 1 aliphatic heterocycles. The second-order valence-corrected chi connectivity index (χ2v) is 5.50. The Hall–Kier alpha value is -1.72. The molecule has 0 unspecified atom stereocenters. The lowest BCUT2D eigenvalue weighted by molar-refractivity contribution is -0.0316. The van der Waals surface area contributed by atoms with Crippen LogP contribution in [0.2, 0.25) is 0 Å². The summed E-state index contributed by atoms with van der Waals surface area (Å²) in [6, 6.07) is 8.50. The van der Waals surface area contributed by atoms with Crippen molar-refractivity contribution < 1.29 is 13.9 Å². The fourth-order valence-electron chi connectivity index (χ4n) is 2.57. The predicted octanol–water partition coefficient (Wildman–Crippen LogP) is 3.37. The van der Waals surface area contributed by atoms with Gasteiger partial charge in [-0.25, -0.2) is 9.37 Å². The number of anilines is 1. The molecule has 0 aliphatic carbocycles. The van der Waals surface area contributed by atoms with E-state index in [0.29, 0.717) is 11.6 Å². The van der Waals surface area contributed by atoms with Crippen molar-refractivity contribution in [2.24, 2.45) is 0 Å². The summed E-state index contributed by atoms with van der Waals surface area (Å²) in [5.74, 6) is 0.506. The number of hydrogen-bond donors (Lipinski definition) is 1. The first-order chi connectivity index (χ1) is 10.8. The van der Waals surface area contributed by atoms with Gasteiger partial charge in [0, 0.05) is 37.8 Å². The second kappa shape index (κ2) is 7.51. The molecule has 1 fully saturated rings. The van der Waals surface area contributed by atoms with E-state index in [1.54, 1.807) is 6.07 Å². The van der Waals surface area contributed by atoms with Crippen molar-refractivity contribution in [1.29, 1.82) is 0 Å². The summed E-state index contributed by atoms with van der Waals surface area (Å²) in [6.45, 7) is 3.14. The second-order valence-electron chi connectivity index (χ2n) is 5.50. The van der Waals surface area contributed by atoms with Gasteiger partial charge in [0.15, 0.2) is 0 Å². The highest BCUT2D eigenvalue weighted by Gasteiger charge is 2.13. The first-order valence-corrected chi connectivity index (χ1v) is 7.81. The SMILES string of the molecule is Fc1ccc2ccc(NCCCOC3CCOCC3)nc2c1. The van der Waals surface area contributed by atoms with E-state index in [1.165, 1.54) is 12.1 Å². The fraction of sp³-hybridized carbons (Fsp3) is 0.471. The van der Waals surface area contributed by atoms with Crippen LogP contribution >= 0.6 is 0 Å². The summed E-state index contributed by atoms with van der Waals surface area (Å²) < 4.78 is 24.3. The molecule has 0 spiro atoms. The van der Waals surface area contributed by atoms with Crippen molar-refractivity contribution in [2.75, 3.05) is 31.7 Å². The number of pyridine rings is 1. The Bertz CT molecular complexity index is 615.